The number of hydrogen-bond acceptors (Lipinski definition) is 5. The van der Waals surface area contributed by atoms with Gasteiger partial charge in [0.15, 0.2) is 0 Å². The van der Waals surface area contributed by atoms with Crippen LogP contribution in [0.1, 0.15) is 34.4 Å². The number of ether oxygens (including phenoxy) is 1. The number of hydrogen-bond donors (Lipinski definition) is 3. The van der Waals surface area contributed by atoms with Crippen LogP contribution < -0.4 is 20.9 Å². The van der Waals surface area contributed by atoms with Crippen molar-refractivity contribution >= 4 is 23.2 Å². The Hall–Kier alpha value is -3.94. The number of carbonyl (C=O) groups is 2. The van der Waals surface area contributed by atoms with Gasteiger partial charge >= 0.3 is 0 Å². The third-order valence-corrected chi connectivity index (χ3v) is 4.36. The van der Waals surface area contributed by atoms with Gasteiger partial charge in [-0.05, 0) is 42.3 Å². The van der Waals surface area contributed by atoms with Crippen molar-refractivity contribution in [3.8, 4) is 5.75 Å². The maximum atomic E-state index is 12.7. The second-order valence-electron chi connectivity index (χ2n) is 6.77. The van der Waals surface area contributed by atoms with Gasteiger partial charge in [0.05, 0.1) is 7.11 Å². The van der Waals surface area contributed by atoms with Crippen LogP contribution in [0.5, 0.6) is 5.75 Å². The van der Waals surface area contributed by atoms with E-state index in [4.69, 9.17) is 4.74 Å². The molecule has 8 nitrogen and oxygen atoms in total. The SMILES string of the molecule is COc1ccc(Cc2nc(C(=O)Nc3cc(NC(C)=O)ccc3C)cc(=O)[nH]2)cc1. The molecule has 0 aliphatic rings. The van der Waals surface area contributed by atoms with Crippen molar-refractivity contribution in [1.82, 2.24) is 9.97 Å². The largest absolute Gasteiger partial charge is 0.497 e. The molecule has 2 aromatic carbocycles. The van der Waals surface area contributed by atoms with Crippen molar-refractivity contribution < 1.29 is 14.3 Å². The summed E-state index contributed by atoms with van der Waals surface area (Å²) in [4.78, 5) is 43.0. The lowest BCUT2D eigenvalue weighted by Crippen LogP contribution is -2.21. The van der Waals surface area contributed by atoms with Crippen LogP contribution in [0.15, 0.2) is 53.3 Å². The zero-order valence-corrected chi connectivity index (χ0v) is 16.9. The number of nitrogens with zero attached hydrogens (tertiary/aromatic N) is 1. The van der Waals surface area contributed by atoms with E-state index in [1.54, 1.807) is 25.3 Å². The minimum absolute atomic E-state index is 0.00610. The van der Waals surface area contributed by atoms with Crippen molar-refractivity contribution in [3.63, 3.8) is 0 Å². The molecule has 3 aromatic rings. The molecular weight excluding hydrogens is 384 g/mol. The first-order valence-electron chi connectivity index (χ1n) is 9.27. The van der Waals surface area contributed by atoms with E-state index in [0.717, 1.165) is 22.9 Å². The van der Waals surface area contributed by atoms with E-state index in [2.05, 4.69) is 20.6 Å². The zero-order chi connectivity index (χ0) is 21.7. The fraction of sp³-hybridized carbons (Fsp3) is 0.182. The van der Waals surface area contributed by atoms with Crippen LogP contribution in [-0.2, 0) is 11.2 Å². The summed E-state index contributed by atoms with van der Waals surface area (Å²) in [5, 5.41) is 5.42. The number of carbonyl (C=O) groups excluding carboxylic acids is 2. The number of rotatable bonds is 6. The van der Waals surface area contributed by atoms with Crippen LogP contribution in [0.4, 0.5) is 11.4 Å². The normalized spacial score (nSPS) is 10.4. The van der Waals surface area contributed by atoms with E-state index in [0.29, 0.717) is 23.6 Å². The van der Waals surface area contributed by atoms with Gasteiger partial charge in [-0.15, -0.1) is 0 Å². The van der Waals surface area contributed by atoms with E-state index >= 15 is 0 Å². The van der Waals surface area contributed by atoms with Crippen molar-refractivity contribution in [2.24, 2.45) is 0 Å². The van der Waals surface area contributed by atoms with Crippen molar-refractivity contribution in [3.05, 3.63) is 81.5 Å². The Morgan fingerprint density at radius 2 is 1.80 bits per heavy atom. The molecule has 2 amide bonds. The summed E-state index contributed by atoms with van der Waals surface area (Å²) in [5.74, 6) is 0.377. The minimum Gasteiger partial charge on any atom is -0.497 e. The average Bonchev–Trinajstić information content (AvgIpc) is 2.70. The first-order chi connectivity index (χ1) is 14.3. The monoisotopic (exact) mass is 406 g/mol. The van der Waals surface area contributed by atoms with Gasteiger partial charge in [-0.1, -0.05) is 18.2 Å². The number of benzene rings is 2. The summed E-state index contributed by atoms with van der Waals surface area (Å²) in [6, 6.07) is 13.7. The van der Waals surface area contributed by atoms with Gasteiger partial charge in [-0.3, -0.25) is 14.4 Å². The number of nitrogens with one attached hydrogen (secondary N) is 3. The third kappa shape index (κ3) is 5.32. The summed E-state index contributed by atoms with van der Waals surface area (Å²) in [7, 11) is 1.59. The van der Waals surface area contributed by atoms with E-state index in [9.17, 15) is 14.4 Å². The first-order valence-corrected chi connectivity index (χ1v) is 9.27. The van der Waals surface area contributed by atoms with E-state index in [-0.39, 0.29) is 11.6 Å². The standard InChI is InChI=1S/C22H22N4O4/c1-13-4-7-16(23-14(2)27)11-18(13)25-22(29)19-12-21(28)26-20(24-19)10-15-5-8-17(30-3)9-6-15/h4-9,11-12H,10H2,1-3H3,(H,23,27)(H,25,29)(H,24,26,28). The highest BCUT2D eigenvalue weighted by atomic mass is 16.5. The van der Waals surface area contributed by atoms with Crippen LogP contribution in [0.2, 0.25) is 0 Å². The molecule has 154 valence electrons. The molecule has 0 radical (unpaired) electrons. The fourth-order valence-electron chi connectivity index (χ4n) is 2.87. The van der Waals surface area contributed by atoms with Crippen LogP contribution in [0.3, 0.4) is 0 Å². The van der Waals surface area contributed by atoms with Crippen LogP contribution in [-0.4, -0.2) is 28.9 Å². The molecule has 0 bridgehead atoms. The Bertz CT molecular complexity index is 1140. The summed E-state index contributed by atoms with van der Waals surface area (Å²) in [5.41, 5.74) is 2.39. The number of methoxy groups -OCH3 is 1. The molecule has 0 atom stereocenters. The molecule has 30 heavy (non-hydrogen) atoms. The van der Waals surface area contributed by atoms with Gasteiger partial charge in [0.25, 0.3) is 11.5 Å². The second kappa shape index (κ2) is 9.04. The Morgan fingerprint density at radius 3 is 2.47 bits per heavy atom. The average molecular weight is 406 g/mol. The number of aromatic amines is 1. The zero-order valence-electron chi connectivity index (χ0n) is 16.9. The van der Waals surface area contributed by atoms with Crippen LogP contribution in [0, 0.1) is 6.92 Å². The van der Waals surface area contributed by atoms with E-state index in [1.165, 1.54) is 6.92 Å². The van der Waals surface area contributed by atoms with Gasteiger partial charge in [0.2, 0.25) is 5.91 Å². The third-order valence-electron chi connectivity index (χ3n) is 4.36. The summed E-state index contributed by atoms with van der Waals surface area (Å²) in [6.07, 6.45) is 0.359. The van der Waals surface area contributed by atoms with Gasteiger partial charge in [-0.2, -0.15) is 0 Å². The Balaban J connectivity index is 1.81. The predicted octanol–water partition coefficient (Wildman–Crippen LogP) is 2.89. The van der Waals surface area contributed by atoms with Gasteiger partial charge in [0, 0.05) is 30.8 Å². The Kier molecular flexibility index (Phi) is 6.26. The van der Waals surface area contributed by atoms with Gasteiger partial charge in [-0.25, -0.2) is 4.98 Å². The van der Waals surface area contributed by atoms with E-state index < -0.39 is 11.5 Å². The second-order valence-corrected chi connectivity index (χ2v) is 6.77. The van der Waals surface area contributed by atoms with Crippen LogP contribution >= 0.6 is 0 Å². The number of H-pyrrole nitrogens is 1. The highest BCUT2D eigenvalue weighted by molar-refractivity contribution is 6.03. The summed E-state index contributed by atoms with van der Waals surface area (Å²) < 4.78 is 5.14. The number of aryl methyl sites for hydroxylation is 1. The molecule has 1 heterocycles. The molecule has 0 fully saturated rings. The number of amides is 2. The van der Waals surface area contributed by atoms with Crippen molar-refractivity contribution in [1.29, 1.82) is 0 Å². The highest BCUT2D eigenvalue weighted by Gasteiger charge is 2.13. The molecule has 0 aliphatic carbocycles. The Morgan fingerprint density at radius 1 is 1.07 bits per heavy atom. The predicted molar refractivity (Wildman–Crippen MR) is 114 cm³/mol. The first kappa shape index (κ1) is 20.8. The highest BCUT2D eigenvalue weighted by Crippen LogP contribution is 2.21. The minimum atomic E-state index is -0.514. The topological polar surface area (TPSA) is 113 Å². The number of aromatic nitrogens is 2. The lowest BCUT2D eigenvalue weighted by Gasteiger charge is -2.11. The van der Waals surface area contributed by atoms with Gasteiger partial charge in [0.1, 0.15) is 17.3 Å². The molecular formula is C22H22N4O4. The molecule has 0 saturated heterocycles. The van der Waals surface area contributed by atoms with Crippen molar-refractivity contribution in [2.45, 2.75) is 20.3 Å². The molecule has 0 unspecified atom stereocenters. The summed E-state index contributed by atoms with van der Waals surface area (Å²) in [6.45, 7) is 3.23. The lowest BCUT2D eigenvalue weighted by molar-refractivity contribution is -0.114. The molecule has 8 heteroatoms. The quantitative estimate of drug-likeness (QED) is 0.583. The molecule has 3 N–H and O–H groups in total. The van der Waals surface area contributed by atoms with Crippen molar-refractivity contribution in [2.75, 3.05) is 17.7 Å². The maximum Gasteiger partial charge on any atom is 0.274 e. The molecule has 3 rings (SSSR count). The van der Waals surface area contributed by atoms with Gasteiger partial charge < -0.3 is 20.4 Å². The molecule has 0 saturated carbocycles. The van der Waals surface area contributed by atoms with Crippen LogP contribution in [0.25, 0.3) is 0 Å². The maximum absolute atomic E-state index is 12.7. The van der Waals surface area contributed by atoms with E-state index in [1.807, 2.05) is 31.2 Å². The molecule has 1 aromatic heterocycles. The lowest BCUT2D eigenvalue weighted by atomic mass is 10.1. The molecule has 0 spiro atoms. The number of anilines is 2. The smallest absolute Gasteiger partial charge is 0.274 e. The molecule has 0 aliphatic heterocycles. The Labute approximate surface area is 173 Å². The summed E-state index contributed by atoms with van der Waals surface area (Å²) >= 11 is 0. The fourth-order valence-corrected chi connectivity index (χ4v) is 2.87.